The molecule has 1 N–H and O–H groups in total. The van der Waals surface area contributed by atoms with E-state index in [1.165, 1.54) is 0 Å². The van der Waals surface area contributed by atoms with E-state index in [1.807, 2.05) is 37.3 Å². The summed E-state index contributed by atoms with van der Waals surface area (Å²) in [6, 6.07) is 12.7. The molecule has 0 saturated heterocycles. The number of rotatable bonds is 5. The Kier molecular flexibility index (Phi) is 4.65. The van der Waals surface area contributed by atoms with Gasteiger partial charge in [0.2, 0.25) is 6.79 Å². The van der Waals surface area contributed by atoms with Crippen molar-refractivity contribution in [3.8, 4) is 28.6 Å². The molecule has 1 amide bonds. The molecule has 1 aliphatic rings. The fraction of sp³-hybridized carbons (Fsp3) is 0.238. The number of ether oxygens (including phenoxy) is 3. The molecule has 7 heteroatoms. The lowest BCUT2D eigenvalue weighted by atomic mass is 10.0. The first kappa shape index (κ1) is 17.9. The van der Waals surface area contributed by atoms with Crippen LogP contribution in [0.5, 0.6) is 17.2 Å². The van der Waals surface area contributed by atoms with Crippen LogP contribution in [0.15, 0.2) is 47.0 Å². The van der Waals surface area contributed by atoms with E-state index in [1.54, 1.807) is 26.2 Å². The Labute approximate surface area is 162 Å². The number of nitrogens with one attached hydrogen (secondary N) is 1. The highest BCUT2D eigenvalue weighted by Gasteiger charge is 2.25. The second kappa shape index (κ2) is 7.26. The zero-order valence-electron chi connectivity index (χ0n) is 15.8. The quantitative estimate of drug-likeness (QED) is 0.723. The second-order valence-electron chi connectivity index (χ2n) is 6.51. The van der Waals surface area contributed by atoms with Crippen LogP contribution in [-0.4, -0.2) is 25.0 Å². The van der Waals surface area contributed by atoms with Gasteiger partial charge in [-0.15, -0.1) is 0 Å². The highest BCUT2D eigenvalue weighted by atomic mass is 16.7. The first-order valence-corrected chi connectivity index (χ1v) is 8.88. The van der Waals surface area contributed by atoms with Gasteiger partial charge < -0.3 is 24.1 Å². The molecule has 0 unspecified atom stereocenters. The molecule has 3 aromatic rings. The first-order valence-electron chi connectivity index (χ1n) is 8.88. The number of carbonyl (C=O) groups is 1. The van der Waals surface area contributed by atoms with E-state index < -0.39 is 0 Å². The molecule has 144 valence electrons. The van der Waals surface area contributed by atoms with Gasteiger partial charge in [0, 0.05) is 5.56 Å². The van der Waals surface area contributed by atoms with E-state index in [2.05, 4.69) is 10.5 Å². The molecule has 1 aromatic heterocycles. The summed E-state index contributed by atoms with van der Waals surface area (Å²) in [7, 11) is 1.61. The zero-order chi connectivity index (χ0) is 19.7. The van der Waals surface area contributed by atoms with Crippen LogP contribution in [0, 0.1) is 6.92 Å². The van der Waals surface area contributed by atoms with Crippen LogP contribution >= 0.6 is 0 Å². The molecule has 0 spiro atoms. The van der Waals surface area contributed by atoms with Crippen LogP contribution < -0.4 is 19.5 Å². The van der Waals surface area contributed by atoms with Gasteiger partial charge in [0.05, 0.1) is 18.8 Å². The Hall–Kier alpha value is -3.48. The average molecular weight is 380 g/mol. The Morgan fingerprint density at radius 2 is 2.00 bits per heavy atom. The van der Waals surface area contributed by atoms with Crippen LogP contribution in [-0.2, 0) is 0 Å². The summed E-state index contributed by atoms with van der Waals surface area (Å²) in [5, 5.41) is 6.99. The number of fused-ring (bicyclic) bond motifs is 1. The fourth-order valence-corrected chi connectivity index (χ4v) is 3.13. The van der Waals surface area contributed by atoms with Crippen LogP contribution in [0.2, 0.25) is 0 Å². The average Bonchev–Trinajstić information content (AvgIpc) is 3.33. The van der Waals surface area contributed by atoms with Crippen molar-refractivity contribution >= 4 is 5.91 Å². The molecule has 1 atom stereocenters. The molecule has 0 fully saturated rings. The number of carbonyl (C=O) groups excluding carboxylic acids is 1. The lowest BCUT2D eigenvalue weighted by Gasteiger charge is -2.15. The van der Waals surface area contributed by atoms with E-state index in [9.17, 15) is 4.79 Å². The molecule has 2 heterocycles. The third-order valence-corrected chi connectivity index (χ3v) is 4.67. The molecule has 0 saturated carbocycles. The van der Waals surface area contributed by atoms with Crippen molar-refractivity contribution in [1.29, 1.82) is 0 Å². The molecule has 1 aliphatic heterocycles. The number of nitrogens with zero attached hydrogens (tertiary/aromatic N) is 1. The molecular formula is C21H20N2O5. The van der Waals surface area contributed by atoms with Gasteiger partial charge in [0.25, 0.3) is 5.91 Å². The SMILES string of the molecule is COc1cccc([C@@H](C)NC(=O)c2c(C)noc2-c2ccc3c(c2)OCO3)c1. The number of hydrogen-bond donors (Lipinski definition) is 1. The zero-order valence-corrected chi connectivity index (χ0v) is 15.8. The number of methoxy groups -OCH3 is 1. The maximum absolute atomic E-state index is 13.0. The molecule has 2 aromatic carbocycles. The van der Waals surface area contributed by atoms with Crippen LogP contribution in [0.1, 0.15) is 34.6 Å². The van der Waals surface area contributed by atoms with Gasteiger partial charge in [0.1, 0.15) is 11.3 Å². The molecule has 28 heavy (non-hydrogen) atoms. The van der Waals surface area contributed by atoms with Crippen molar-refractivity contribution in [3.63, 3.8) is 0 Å². The number of aryl methyl sites for hydroxylation is 1. The minimum absolute atomic E-state index is 0.180. The lowest BCUT2D eigenvalue weighted by molar-refractivity contribution is 0.0939. The maximum atomic E-state index is 13.0. The Morgan fingerprint density at radius 1 is 1.18 bits per heavy atom. The standard InChI is InChI=1S/C21H20N2O5/c1-12(14-5-4-6-16(9-14)25-3)22-21(24)19-13(2)23-28-20(19)15-7-8-17-18(10-15)27-11-26-17/h4-10,12H,11H2,1-3H3,(H,22,24)/t12-/m1/s1. The monoisotopic (exact) mass is 380 g/mol. The Bertz CT molecular complexity index is 1030. The van der Waals surface area contributed by atoms with Crippen molar-refractivity contribution in [1.82, 2.24) is 10.5 Å². The predicted octanol–water partition coefficient (Wildman–Crippen LogP) is 3.88. The smallest absolute Gasteiger partial charge is 0.257 e. The molecule has 7 nitrogen and oxygen atoms in total. The summed E-state index contributed by atoms with van der Waals surface area (Å²) in [5.74, 6) is 2.15. The Morgan fingerprint density at radius 3 is 2.82 bits per heavy atom. The second-order valence-corrected chi connectivity index (χ2v) is 6.51. The highest BCUT2D eigenvalue weighted by Crippen LogP contribution is 2.37. The highest BCUT2D eigenvalue weighted by molar-refractivity contribution is 6.00. The van der Waals surface area contributed by atoms with E-state index in [0.717, 1.165) is 11.3 Å². The number of amides is 1. The van der Waals surface area contributed by atoms with Gasteiger partial charge in [0.15, 0.2) is 17.3 Å². The van der Waals surface area contributed by atoms with Crippen molar-refractivity contribution in [2.24, 2.45) is 0 Å². The molecule has 0 radical (unpaired) electrons. The fourth-order valence-electron chi connectivity index (χ4n) is 3.13. The number of aromatic nitrogens is 1. The summed E-state index contributed by atoms with van der Waals surface area (Å²) in [6.07, 6.45) is 0. The van der Waals surface area contributed by atoms with Gasteiger partial charge in [-0.1, -0.05) is 17.3 Å². The third-order valence-electron chi connectivity index (χ3n) is 4.67. The summed E-state index contributed by atoms with van der Waals surface area (Å²) in [4.78, 5) is 13.0. The van der Waals surface area contributed by atoms with Crippen molar-refractivity contribution in [2.45, 2.75) is 19.9 Å². The molecular weight excluding hydrogens is 360 g/mol. The third kappa shape index (κ3) is 3.26. The van der Waals surface area contributed by atoms with E-state index in [4.69, 9.17) is 18.7 Å². The van der Waals surface area contributed by atoms with Gasteiger partial charge in [-0.25, -0.2) is 0 Å². The summed E-state index contributed by atoms with van der Waals surface area (Å²) in [5.41, 5.74) is 2.55. The van der Waals surface area contributed by atoms with Crippen LogP contribution in [0.3, 0.4) is 0 Å². The maximum Gasteiger partial charge on any atom is 0.257 e. The number of benzene rings is 2. The van der Waals surface area contributed by atoms with Crippen LogP contribution in [0.4, 0.5) is 0 Å². The minimum atomic E-state index is -0.262. The first-order chi connectivity index (χ1) is 13.6. The van der Waals surface area contributed by atoms with Gasteiger partial charge in [-0.3, -0.25) is 4.79 Å². The lowest BCUT2D eigenvalue weighted by Crippen LogP contribution is -2.27. The van der Waals surface area contributed by atoms with E-state index >= 15 is 0 Å². The predicted molar refractivity (Wildman–Crippen MR) is 102 cm³/mol. The summed E-state index contributed by atoms with van der Waals surface area (Å²) < 4.78 is 21.5. The molecule has 4 rings (SSSR count). The Balaban J connectivity index is 1.60. The van der Waals surface area contributed by atoms with Crippen LogP contribution in [0.25, 0.3) is 11.3 Å². The minimum Gasteiger partial charge on any atom is -0.497 e. The summed E-state index contributed by atoms with van der Waals surface area (Å²) in [6.45, 7) is 3.83. The van der Waals surface area contributed by atoms with Gasteiger partial charge in [-0.05, 0) is 49.7 Å². The van der Waals surface area contributed by atoms with Crippen molar-refractivity contribution in [2.75, 3.05) is 13.9 Å². The normalized spacial score (nSPS) is 13.2. The van der Waals surface area contributed by atoms with Crippen molar-refractivity contribution < 1.29 is 23.5 Å². The largest absolute Gasteiger partial charge is 0.497 e. The number of hydrogen-bond acceptors (Lipinski definition) is 6. The van der Waals surface area contributed by atoms with Gasteiger partial charge >= 0.3 is 0 Å². The summed E-state index contributed by atoms with van der Waals surface area (Å²) >= 11 is 0. The van der Waals surface area contributed by atoms with E-state index in [-0.39, 0.29) is 18.7 Å². The molecule has 0 bridgehead atoms. The topological polar surface area (TPSA) is 82.8 Å². The van der Waals surface area contributed by atoms with E-state index in [0.29, 0.717) is 34.1 Å². The molecule has 0 aliphatic carbocycles. The van der Waals surface area contributed by atoms with Gasteiger partial charge in [-0.2, -0.15) is 0 Å². The van der Waals surface area contributed by atoms with Crippen molar-refractivity contribution in [3.05, 3.63) is 59.3 Å².